The molecular weight excluding hydrogens is 359 g/mol. The Balaban J connectivity index is 1.84. The van der Waals surface area contributed by atoms with Crippen molar-refractivity contribution in [1.82, 2.24) is 4.98 Å². The van der Waals surface area contributed by atoms with Gasteiger partial charge in [-0.2, -0.15) is 0 Å². The van der Waals surface area contributed by atoms with Crippen LogP contribution in [0, 0.1) is 5.82 Å². The van der Waals surface area contributed by atoms with Gasteiger partial charge in [-0.25, -0.2) is 9.37 Å². The van der Waals surface area contributed by atoms with E-state index in [2.05, 4.69) is 10.3 Å². The quantitative estimate of drug-likeness (QED) is 0.637. The molecule has 6 heteroatoms. The molecule has 0 fully saturated rings. The Morgan fingerprint density at radius 1 is 1.11 bits per heavy atom. The summed E-state index contributed by atoms with van der Waals surface area (Å²) in [6.45, 7) is 3.94. The first-order chi connectivity index (χ1) is 13.5. The van der Waals surface area contributed by atoms with Crippen molar-refractivity contribution < 1.29 is 18.7 Å². The fraction of sp³-hybridized carbons (Fsp3) is 0.182. The van der Waals surface area contributed by atoms with E-state index >= 15 is 0 Å². The van der Waals surface area contributed by atoms with E-state index in [0.717, 1.165) is 0 Å². The van der Waals surface area contributed by atoms with E-state index in [9.17, 15) is 9.18 Å². The maximum absolute atomic E-state index is 13.4. The average molecular weight is 380 g/mol. The highest BCUT2D eigenvalue weighted by Crippen LogP contribution is 2.27. The second-order valence-electron chi connectivity index (χ2n) is 6.41. The van der Waals surface area contributed by atoms with Crippen molar-refractivity contribution >= 4 is 11.7 Å². The van der Waals surface area contributed by atoms with Gasteiger partial charge in [0, 0.05) is 6.20 Å². The molecule has 0 saturated heterocycles. The third-order valence-corrected chi connectivity index (χ3v) is 3.76. The van der Waals surface area contributed by atoms with Crippen molar-refractivity contribution in [2.24, 2.45) is 0 Å². The minimum absolute atomic E-state index is 0.0363. The van der Waals surface area contributed by atoms with Gasteiger partial charge in [-0.05, 0) is 61.9 Å². The molecule has 3 aromatic rings. The summed E-state index contributed by atoms with van der Waals surface area (Å²) in [6, 6.07) is 16.4. The zero-order chi connectivity index (χ0) is 19.9. The zero-order valence-corrected chi connectivity index (χ0v) is 15.7. The van der Waals surface area contributed by atoms with Crippen LogP contribution >= 0.6 is 0 Å². The molecule has 0 aliphatic carbocycles. The van der Waals surface area contributed by atoms with Crippen LogP contribution in [0.4, 0.5) is 10.2 Å². The van der Waals surface area contributed by atoms with E-state index < -0.39 is 0 Å². The average Bonchev–Trinajstić information content (AvgIpc) is 2.67. The SMILES string of the molecule is CC(C)Oc1ccc(OCc2cccc(F)c2)c(C(=O)Nc2ccccn2)c1. The Morgan fingerprint density at radius 2 is 1.96 bits per heavy atom. The van der Waals surface area contributed by atoms with E-state index in [-0.39, 0.29) is 24.4 Å². The van der Waals surface area contributed by atoms with Crippen molar-refractivity contribution in [1.29, 1.82) is 0 Å². The molecule has 1 aromatic heterocycles. The maximum atomic E-state index is 13.4. The number of rotatable bonds is 7. The lowest BCUT2D eigenvalue weighted by molar-refractivity contribution is 0.102. The molecule has 5 nitrogen and oxygen atoms in total. The van der Waals surface area contributed by atoms with Gasteiger partial charge in [0.1, 0.15) is 29.7 Å². The van der Waals surface area contributed by atoms with Crippen LogP contribution in [-0.4, -0.2) is 17.0 Å². The normalized spacial score (nSPS) is 10.6. The molecule has 3 rings (SSSR count). The van der Waals surface area contributed by atoms with Gasteiger partial charge in [0.05, 0.1) is 11.7 Å². The number of hydrogen-bond acceptors (Lipinski definition) is 4. The Labute approximate surface area is 163 Å². The minimum atomic E-state index is -0.373. The van der Waals surface area contributed by atoms with Crippen molar-refractivity contribution in [2.75, 3.05) is 5.32 Å². The lowest BCUT2D eigenvalue weighted by atomic mass is 10.1. The first kappa shape index (κ1) is 19.4. The molecule has 0 aliphatic rings. The van der Waals surface area contributed by atoms with Gasteiger partial charge in [-0.3, -0.25) is 4.79 Å². The number of halogens is 1. The molecule has 0 saturated carbocycles. The van der Waals surface area contributed by atoms with E-state index in [0.29, 0.717) is 28.4 Å². The number of ether oxygens (including phenoxy) is 2. The van der Waals surface area contributed by atoms with Gasteiger partial charge in [-0.15, -0.1) is 0 Å². The van der Waals surface area contributed by atoms with Crippen LogP contribution < -0.4 is 14.8 Å². The van der Waals surface area contributed by atoms with Gasteiger partial charge in [0.15, 0.2) is 0 Å². The van der Waals surface area contributed by atoms with Crippen LogP contribution in [0.25, 0.3) is 0 Å². The molecule has 1 heterocycles. The minimum Gasteiger partial charge on any atom is -0.491 e. The number of carbonyl (C=O) groups is 1. The molecule has 0 atom stereocenters. The summed E-state index contributed by atoms with van der Waals surface area (Å²) in [7, 11) is 0. The summed E-state index contributed by atoms with van der Waals surface area (Å²) in [4.78, 5) is 16.9. The van der Waals surface area contributed by atoms with E-state index in [1.54, 1.807) is 54.7 Å². The smallest absolute Gasteiger partial charge is 0.260 e. The lowest BCUT2D eigenvalue weighted by Gasteiger charge is -2.15. The summed E-state index contributed by atoms with van der Waals surface area (Å²) in [5.74, 6) is 0.642. The first-order valence-corrected chi connectivity index (χ1v) is 8.91. The highest BCUT2D eigenvalue weighted by atomic mass is 19.1. The monoisotopic (exact) mass is 380 g/mol. The number of nitrogens with zero attached hydrogens (tertiary/aromatic N) is 1. The molecule has 0 bridgehead atoms. The standard InChI is InChI=1S/C22H21FN2O3/c1-15(2)28-18-9-10-20(27-14-16-6-5-7-17(23)12-16)19(13-18)22(26)25-21-8-3-4-11-24-21/h3-13,15H,14H2,1-2H3,(H,24,25,26). The van der Waals surface area contributed by atoms with Crippen molar-refractivity contribution in [3.8, 4) is 11.5 Å². The Hall–Kier alpha value is -3.41. The van der Waals surface area contributed by atoms with Gasteiger partial charge in [0.25, 0.3) is 5.91 Å². The first-order valence-electron chi connectivity index (χ1n) is 8.91. The van der Waals surface area contributed by atoms with E-state index in [1.165, 1.54) is 12.1 Å². The fourth-order valence-corrected chi connectivity index (χ4v) is 2.57. The van der Waals surface area contributed by atoms with Crippen molar-refractivity contribution in [2.45, 2.75) is 26.6 Å². The van der Waals surface area contributed by atoms with Crippen LogP contribution in [-0.2, 0) is 6.61 Å². The third kappa shape index (κ3) is 5.30. The second kappa shape index (κ2) is 8.99. The number of anilines is 1. The molecule has 0 spiro atoms. The largest absolute Gasteiger partial charge is 0.491 e. The summed E-state index contributed by atoms with van der Waals surface area (Å²) in [5, 5.41) is 2.74. The summed E-state index contributed by atoms with van der Waals surface area (Å²) in [6.07, 6.45) is 1.56. The van der Waals surface area contributed by atoms with Crippen LogP contribution in [0.5, 0.6) is 11.5 Å². The van der Waals surface area contributed by atoms with Crippen molar-refractivity contribution in [3.63, 3.8) is 0 Å². The molecule has 144 valence electrons. The molecule has 28 heavy (non-hydrogen) atoms. The number of carbonyl (C=O) groups excluding carboxylic acids is 1. The highest BCUT2D eigenvalue weighted by Gasteiger charge is 2.16. The van der Waals surface area contributed by atoms with Crippen LogP contribution in [0.15, 0.2) is 66.9 Å². The summed E-state index contributed by atoms with van der Waals surface area (Å²) in [5.41, 5.74) is 0.971. The second-order valence-corrected chi connectivity index (χ2v) is 6.41. The van der Waals surface area contributed by atoms with E-state index in [4.69, 9.17) is 9.47 Å². The van der Waals surface area contributed by atoms with Gasteiger partial charge < -0.3 is 14.8 Å². The molecule has 0 unspecified atom stereocenters. The predicted molar refractivity (Wildman–Crippen MR) is 105 cm³/mol. The van der Waals surface area contributed by atoms with Crippen LogP contribution in [0.1, 0.15) is 29.8 Å². The molecular formula is C22H21FN2O3. The molecule has 1 N–H and O–H groups in total. The molecule has 0 radical (unpaired) electrons. The number of hydrogen-bond donors (Lipinski definition) is 1. The number of nitrogens with one attached hydrogen (secondary N) is 1. The van der Waals surface area contributed by atoms with Crippen molar-refractivity contribution in [3.05, 3.63) is 83.8 Å². The third-order valence-electron chi connectivity index (χ3n) is 3.76. The Kier molecular flexibility index (Phi) is 6.22. The Bertz CT molecular complexity index is 946. The topological polar surface area (TPSA) is 60.5 Å². The number of pyridine rings is 1. The number of amides is 1. The summed E-state index contributed by atoms with van der Waals surface area (Å²) < 4.78 is 24.9. The van der Waals surface area contributed by atoms with Gasteiger partial charge >= 0.3 is 0 Å². The zero-order valence-electron chi connectivity index (χ0n) is 15.7. The predicted octanol–water partition coefficient (Wildman–Crippen LogP) is 4.84. The fourth-order valence-electron chi connectivity index (χ4n) is 2.57. The number of aromatic nitrogens is 1. The number of benzene rings is 2. The molecule has 0 aliphatic heterocycles. The molecule has 2 aromatic carbocycles. The Morgan fingerprint density at radius 3 is 2.68 bits per heavy atom. The van der Waals surface area contributed by atoms with Crippen LogP contribution in [0.2, 0.25) is 0 Å². The lowest BCUT2D eigenvalue weighted by Crippen LogP contribution is -2.15. The summed E-state index contributed by atoms with van der Waals surface area (Å²) >= 11 is 0. The van der Waals surface area contributed by atoms with Crippen LogP contribution in [0.3, 0.4) is 0 Å². The van der Waals surface area contributed by atoms with Gasteiger partial charge in [0.2, 0.25) is 0 Å². The van der Waals surface area contributed by atoms with Gasteiger partial charge in [-0.1, -0.05) is 18.2 Å². The van der Waals surface area contributed by atoms with E-state index in [1.807, 2.05) is 13.8 Å². The highest BCUT2D eigenvalue weighted by molar-refractivity contribution is 6.06. The maximum Gasteiger partial charge on any atom is 0.260 e. The molecule has 1 amide bonds.